The van der Waals surface area contributed by atoms with Crippen molar-refractivity contribution in [1.29, 1.82) is 0 Å². The average Bonchev–Trinajstić information content (AvgIpc) is 3.21. The van der Waals surface area contributed by atoms with Gasteiger partial charge in [-0.15, -0.1) is 0 Å². The predicted molar refractivity (Wildman–Crippen MR) is 88.5 cm³/mol. The van der Waals surface area contributed by atoms with E-state index < -0.39 is 0 Å². The van der Waals surface area contributed by atoms with Gasteiger partial charge in [0.2, 0.25) is 5.91 Å². The number of likely N-dealkylation sites (N-methyl/N-ethyl adjacent to an activating group) is 1. The molecule has 1 saturated carbocycles. The number of piperidine rings is 1. The summed E-state index contributed by atoms with van der Waals surface area (Å²) >= 11 is 0. The second-order valence-electron chi connectivity index (χ2n) is 7.10. The Bertz CT molecular complexity index is 508. The molecule has 0 aromatic heterocycles. The third-order valence-electron chi connectivity index (χ3n) is 5.17. The average molecular weight is 301 g/mol. The molecule has 1 aromatic carbocycles. The molecule has 0 bridgehead atoms. The maximum absolute atomic E-state index is 12.7. The molecule has 120 valence electrons. The fourth-order valence-corrected chi connectivity index (χ4v) is 3.75. The van der Waals surface area contributed by atoms with E-state index in [1.54, 1.807) is 0 Å². The molecule has 1 aromatic rings. The van der Waals surface area contributed by atoms with Crippen molar-refractivity contribution < 1.29 is 4.79 Å². The Kier molecular flexibility index (Phi) is 4.50. The molecular formula is C18H27N3O. The van der Waals surface area contributed by atoms with Crippen molar-refractivity contribution in [3.8, 4) is 0 Å². The van der Waals surface area contributed by atoms with Gasteiger partial charge in [-0.2, -0.15) is 0 Å². The van der Waals surface area contributed by atoms with E-state index in [0.717, 1.165) is 38.9 Å². The number of nitrogens with one attached hydrogen (secondary N) is 2. The zero-order valence-electron chi connectivity index (χ0n) is 13.6. The van der Waals surface area contributed by atoms with Crippen LogP contribution >= 0.6 is 0 Å². The Morgan fingerprint density at radius 3 is 2.64 bits per heavy atom. The minimum atomic E-state index is 0.0723. The van der Waals surface area contributed by atoms with Gasteiger partial charge in [0, 0.05) is 12.5 Å². The summed E-state index contributed by atoms with van der Waals surface area (Å²) in [5.74, 6) is 0.473. The Hall–Kier alpha value is -1.39. The van der Waals surface area contributed by atoms with Crippen LogP contribution in [0, 0.1) is 11.3 Å². The van der Waals surface area contributed by atoms with Gasteiger partial charge in [0.25, 0.3) is 0 Å². The zero-order valence-corrected chi connectivity index (χ0v) is 13.6. The van der Waals surface area contributed by atoms with Gasteiger partial charge in [-0.25, -0.2) is 0 Å². The molecule has 2 N–H and O–H groups in total. The maximum atomic E-state index is 12.7. The van der Waals surface area contributed by atoms with Crippen LogP contribution < -0.4 is 10.6 Å². The first-order valence-corrected chi connectivity index (χ1v) is 8.31. The summed E-state index contributed by atoms with van der Waals surface area (Å²) in [6.45, 7) is 2.95. The topological polar surface area (TPSA) is 44.4 Å². The summed E-state index contributed by atoms with van der Waals surface area (Å²) < 4.78 is 0. The highest BCUT2D eigenvalue weighted by Crippen LogP contribution is 2.58. The van der Waals surface area contributed by atoms with Gasteiger partial charge in [0.05, 0.1) is 6.04 Å². The van der Waals surface area contributed by atoms with Gasteiger partial charge in [0.1, 0.15) is 0 Å². The molecular weight excluding hydrogens is 274 g/mol. The van der Waals surface area contributed by atoms with Crippen LogP contribution in [0.1, 0.15) is 30.9 Å². The van der Waals surface area contributed by atoms with Crippen LogP contribution in [0.3, 0.4) is 0 Å². The minimum absolute atomic E-state index is 0.0723. The number of carbonyl (C=O) groups excluding carboxylic acids is 1. The standard InChI is InChI=1S/C18H27N3O/c1-21(2)13-16(14-6-4-3-5-7-14)20-17(22)15-12-18(15)8-10-19-11-9-18/h3-7,15-16,19H,8-13H2,1-2H3,(H,20,22). The SMILES string of the molecule is CN(C)CC(NC(=O)C1CC12CCNCC2)c1ccccc1. The highest BCUT2D eigenvalue weighted by molar-refractivity contribution is 5.83. The zero-order chi connectivity index (χ0) is 15.6. The molecule has 2 fully saturated rings. The summed E-state index contributed by atoms with van der Waals surface area (Å²) in [7, 11) is 4.10. The van der Waals surface area contributed by atoms with Crippen molar-refractivity contribution in [3.05, 3.63) is 35.9 Å². The summed E-state index contributed by atoms with van der Waals surface area (Å²) in [5, 5.41) is 6.69. The lowest BCUT2D eigenvalue weighted by atomic mass is 9.91. The van der Waals surface area contributed by atoms with Gasteiger partial charge in [0.15, 0.2) is 0 Å². The van der Waals surface area contributed by atoms with Crippen LogP contribution in [0.5, 0.6) is 0 Å². The molecule has 22 heavy (non-hydrogen) atoms. The van der Waals surface area contributed by atoms with E-state index in [2.05, 4.69) is 27.7 Å². The molecule has 1 spiro atoms. The quantitative estimate of drug-likeness (QED) is 0.871. The first-order valence-electron chi connectivity index (χ1n) is 8.31. The minimum Gasteiger partial charge on any atom is -0.348 e. The van der Waals surface area contributed by atoms with E-state index in [1.807, 2.05) is 32.3 Å². The van der Waals surface area contributed by atoms with Gasteiger partial charge in [-0.1, -0.05) is 30.3 Å². The first kappa shape index (κ1) is 15.5. The van der Waals surface area contributed by atoms with Crippen LogP contribution in [0.4, 0.5) is 0 Å². The van der Waals surface area contributed by atoms with E-state index in [9.17, 15) is 4.79 Å². The number of carbonyl (C=O) groups is 1. The number of rotatable bonds is 5. The molecule has 1 heterocycles. The molecule has 0 radical (unpaired) electrons. The van der Waals surface area contributed by atoms with Gasteiger partial charge < -0.3 is 15.5 Å². The summed E-state index contributed by atoms with van der Waals surface area (Å²) in [5.41, 5.74) is 1.49. The Morgan fingerprint density at radius 1 is 1.32 bits per heavy atom. The van der Waals surface area contributed by atoms with Crippen molar-refractivity contribution in [2.75, 3.05) is 33.7 Å². The summed E-state index contributed by atoms with van der Waals surface area (Å²) in [6.07, 6.45) is 3.37. The monoisotopic (exact) mass is 301 g/mol. The van der Waals surface area contributed by atoms with Crippen molar-refractivity contribution in [3.63, 3.8) is 0 Å². The Balaban J connectivity index is 1.65. The molecule has 4 nitrogen and oxygen atoms in total. The molecule has 1 saturated heterocycles. The lowest BCUT2D eigenvalue weighted by Gasteiger charge is -2.26. The summed E-state index contributed by atoms with van der Waals surface area (Å²) in [6, 6.07) is 10.4. The molecule has 2 aliphatic rings. The largest absolute Gasteiger partial charge is 0.348 e. The molecule has 4 heteroatoms. The number of hydrogen-bond acceptors (Lipinski definition) is 3. The maximum Gasteiger partial charge on any atom is 0.224 e. The van der Waals surface area contributed by atoms with E-state index >= 15 is 0 Å². The van der Waals surface area contributed by atoms with E-state index in [-0.39, 0.29) is 17.9 Å². The normalized spacial score (nSPS) is 24.2. The van der Waals surface area contributed by atoms with E-state index in [1.165, 1.54) is 5.56 Å². The number of benzene rings is 1. The molecule has 1 amide bonds. The third-order valence-corrected chi connectivity index (χ3v) is 5.17. The van der Waals surface area contributed by atoms with Crippen molar-refractivity contribution >= 4 is 5.91 Å². The van der Waals surface area contributed by atoms with Gasteiger partial charge in [-0.05, 0) is 57.4 Å². The van der Waals surface area contributed by atoms with Crippen LogP contribution in [0.25, 0.3) is 0 Å². The molecule has 1 aliphatic heterocycles. The van der Waals surface area contributed by atoms with Crippen LogP contribution in [0.15, 0.2) is 30.3 Å². The van der Waals surface area contributed by atoms with Gasteiger partial charge >= 0.3 is 0 Å². The number of amides is 1. The van der Waals surface area contributed by atoms with E-state index in [0.29, 0.717) is 5.41 Å². The van der Waals surface area contributed by atoms with Crippen LogP contribution in [0.2, 0.25) is 0 Å². The number of nitrogens with zero attached hydrogens (tertiary/aromatic N) is 1. The van der Waals surface area contributed by atoms with Crippen LogP contribution in [-0.4, -0.2) is 44.5 Å². The van der Waals surface area contributed by atoms with Crippen molar-refractivity contribution in [1.82, 2.24) is 15.5 Å². The first-order chi connectivity index (χ1) is 10.6. The van der Waals surface area contributed by atoms with Crippen molar-refractivity contribution in [2.24, 2.45) is 11.3 Å². The Labute approximate surface area is 133 Å². The van der Waals surface area contributed by atoms with Crippen LogP contribution in [-0.2, 0) is 4.79 Å². The lowest BCUT2D eigenvalue weighted by Crippen LogP contribution is -2.38. The number of hydrogen-bond donors (Lipinski definition) is 2. The highest BCUT2D eigenvalue weighted by Gasteiger charge is 2.57. The molecule has 1 aliphatic carbocycles. The summed E-state index contributed by atoms with van der Waals surface area (Å²) in [4.78, 5) is 14.8. The molecule has 3 rings (SSSR count). The fraction of sp³-hybridized carbons (Fsp3) is 0.611. The Morgan fingerprint density at radius 2 is 2.00 bits per heavy atom. The fourth-order valence-electron chi connectivity index (χ4n) is 3.75. The second-order valence-corrected chi connectivity index (χ2v) is 7.10. The second kappa shape index (κ2) is 6.39. The third kappa shape index (κ3) is 3.33. The predicted octanol–water partition coefficient (Wildman–Crippen LogP) is 1.80. The lowest BCUT2D eigenvalue weighted by molar-refractivity contribution is -0.124. The van der Waals surface area contributed by atoms with Crippen molar-refractivity contribution in [2.45, 2.75) is 25.3 Å². The molecule has 2 atom stereocenters. The molecule has 2 unspecified atom stereocenters. The van der Waals surface area contributed by atoms with Gasteiger partial charge in [-0.3, -0.25) is 4.79 Å². The highest BCUT2D eigenvalue weighted by atomic mass is 16.2. The smallest absolute Gasteiger partial charge is 0.224 e. The van der Waals surface area contributed by atoms with E-state index in [4.69, 9.17) is 0 Å².